The summed E-state index contributed by atoms with van der Waals surface area (Å²) in [6.45, 7) is 4.98. The minimum atomic E-state index is -0.719. The van der Waals surface area contributed by atoms with Crippen LogP contribution in [0.3, 0.4) is 0 Å². The van der Waals surface area contributed by atoms with Gasteiger partial charge in [0.1, 0.15) is 35.6 Å². The minimum Gasteiger partial charge on any atom is -0.495 e. The Hall–Kier alpha value is -3.18. The Labute approximate surface area is 240 Å². The summed E-state index contributed by atoms with van der Waals surface area (Å²) >= 11 is 7.42. The van der Waals surface area contributed by atoms with Gasteiger partial charge in [0.15, 0.2) is 5.16 Å². The highest BCUT2D eigenvalue weighted by Gasteiger charge is 2.30. The number of nitrogens with one attached hydrogen (secondary N) is 1. The maximum atomic E-state index is 14.9. The Morgan fingerprint density at radius 3 is 2.40 bits per heavy atom. The van der Waals surface area contributed by atoms with Gasteiger partial charge in [0.05, 0.1) is 24.0 Å². The van der Waals surface area contributed by atoms with Crippen LogP contribution in [-0.2, 0) is 11.2 Å². The molecule has 3 N–H and O–H groups in total. The summed E-state index contributed by atoms with van der Waals surface area (Å²) in [5, 5.41) is 3.84. The second kappa shape index (κ2) is 13.0. The van der Waals surface area contributed by atoms with Crippen LogP contribution in [0.15, 0.2) is 66.0 Å². The number of hydrogen-bond donors (Lipinski definition) is 2. The van der Waals surface area contributed by atoms with E-state index < -0.39 is 17.0 Å². The Bertz CT molecular complexity index is 1440. The zero-order valence-electron chi connectivity index (χ0n) is 22.3. The van der Waals surface area contributed by atoms with E-state index in [-0.39, 0.29) is 36.2 Å². The van der Waals surface area contributed by atoms with E-state index in [0.717, 1.165) is 23.4 Å². The average Bonchev–Trinajstić information content (AvgIpc) is 3.36. The van der Waals surface area contributed by atoms with Gasteiger partial charge >= 0.3 is 0 Å². The SMILES string of the molecule is COc1cc(C(C)(C)c2cnc(SCc3c(F)cc(OCCNCN)cc3F)n2-c2ccc(F)cc2)ccc1Cl. The lowest BCUT2D eigenvalue weighted by Gasteiger charge is -2.28. The molecule has 0 bridgehead atoms. The molecule has 0 saturated heterocycles. The maximum absolute atomic E-state index is 14.9. The van der Waals surface area contributed by atoms with Gasteiger partial charge in [-0.3, -0.25) is 4.57 Å². The van der Waals surface area contributed by atoms with Crippen molar-refractivity contribution in [2.45, 2.75) is 30.2 Å². The molecule has 0 saturated carbocycles. The molecule has 0 aliphatic rings. The van der Waals surface area contributed by atoms with E-state index in [2.05, 4.69) is 10.3 Å². The molecule has 0 aliphatic heterocycles. The molecule has 11 heteroatoms. The summed E-state index contributed by atoms with van der Waals surface area (Å²) in [6, 6.07) is 13.8. The minimum absolute atomic E-state index is 0.0283. The van der Waals surface area contributed by atoms with Gasteiger partial charge in [0.25, 0.3) is 0 Å². The topological polar surface area (TPSA) is 74.3 Å². The van der Waals surface area contributed by atoms with Gasteiger partial charge in [0, 0.05) is 47.8 Å². The van der Waals surface area contributed by atoms with E-state index in [1.54, 1.807) is 31.5 Å². The number of halogens is 4. The lowest BCUT2D eigenvalue weighted by Crippen LogP contribution is -2.26. The Kier molecular flexibility index (Phi) is 9.68. The number of imidazole rings is 1. The van der Waals surface area contributed by atoms with Crippen molar-refractivity contribution >= 4 is 23.4 Å². The summed E-state index contributed by atoms with van der Waals surface area (Å²) in [6.07, 6.45) is 1.71. The highest BCUT2D eigenvalue weighted by molar-refractivity contribution is 7.98. The molecule has 1 aromatic heterocycles. The number of benzene rings is 3. The Balaban J connectivity index is 1.67. The quantitative estimate of drug-likeness (QED) is 0.112. The van der Waals surface area contributed by atoms with Crippen molar-refractivity contribution in [1.29, 1.82) is 0 Å². The number of thioether (sulfide) groups is 1. The molecule has 212 valence electrons. The Morgan fingerprint density at radius 1 is 1.05 bits per heavy atom. The highest BCUT2D eigenvalue weighted by atomic mass is 35.5. The molecule has 0 fully saturated rings. The van der Waals surface area contributed by atoms with Crippen molar-refractivity contribution in [3.8, 4) is 17.2 Å². The first-order valence-electron chi connectivity index (χ1n) is 12.5. The summed E-state index contributed by atoms with van der Waals surface area (Å²) in [5.41, 5.74) is 6.99. The predicted octanol–water partition coefficient (Wildman–Crippen LogP) is 6.45. The highest BCUT2D eigenvalue weighted by Crippen LogP contribution is 2.39. The summed E-state index contributed by atoms with van der Waals surface area (Å²) < 4.78 is 56.3. The van der Waals surface area contributed by atoms with Crippen LogP contribution in [0.2, 0.25) is 5.02 Å². The molecule has 4 aromatic rings. The first-order valence-corrected chi connectivity index (χ1v) is 13.8. The largest absolute Gasteiger partial charge is 0.495 e. The Morgan fingerprint density at radius 2 is 1.75 bits per heavy atom. The fourth-order valence-corrected chi connectivity index (χ4v) is 5.40. The molecule has 40 heavy (non-hydrogen) atoms. The van der Waals surface area contributed by atoms with Crippen LogP contribution >= 0.6 is 23.4 Å². The van der Waals surface area contributed by atoms with Gasteiger partial charge in [-0.1, -0.05) is 43.3 Å². The van der Waals surface area contributed by atoms with E-state index in [1.807, 2.05) is 30.5 Å². The van der Waals surface area contributed by atoms with E-state index in [1.165, 1.54) is 23.9 Å². The number of rotatable bonds is 12. The molecule has 6 nitrogen and oxygen atoms in total. The fraction of sp³-hybridized carbons (Fsp3) is 0.276. The molecule has 4 rings (SSSR count). The summed E-state index contributed by atoms with van der Waals surface area (Å²) in [7, 11) is 1.55. The first kappa shape index (κ1) is 29.8. The normalized spacial score (nSPS) is 11.6. The second-order valence-corrected chi connectivity index (χ2v) is 10.8. The van der Waals surface area contributed by atoms with Crippen molar-refractivity contribution in [3.05, 3.63) is 100 Å². The van der Waals surface area contributed by atoms with E-state index in [4.69, 9.17) is 26.8 Å². The van der Waals surface area contributed by atoms with Crippen LogP contribution in [0.25, 0.3) is 5.69 Å². The van der Waals surface area contributed by atoms with E-state index in [0.29, 0.717) is 28.2 Å². The van der Waals surface area contributed by atoms with Crippen molar-refractivity contribution in [1.82, 2.24) is 14.9 Å². The molecular weight excluding hydrogens is 561 g/mol. The lowest BCUT2D eigenvalue weighted by molar-refractivity contribution is 0.311. The molecular formula is C29H30ClF3N4O2S. The van der Waals surface area contributed by atoms with Gasteiger partial charge in [-0.25, -0.2) is 18.2 Å². The maximum Gasteiger partial charge on any atom is 0.173 e. The van der Waals surface area contributed by atoms with Crippen LogP contribution in [0.5, 0.6) is 11.5 Å². The van der Waals surface area contributed by atoms with Gasteiger partial charge in [-0.15, -0.1) is 0 Å². The van der Waals surface area contributed by atoms with Crippen LogP contribution in [0, 0.1) is 17.5 Å². The zero-order chi connectivity index (χ0) is 28.9. The standard InChI is InChI=1S/C29H30ClF3N4O2S/c1-29(2,18-4-9-23(30)26(12-18)38-3)27-15-36-28(37(27)20-7-5-19(31)6-8-20)40-16-22-24(32)13-21(14-25(22)33)39-11-10-35-17-34/h4-9,12-15,35H,10-11,16-17,34H2,1-3H3. The monoisotopic (exact) mass is 590 g/mol. The second-order valence-electron chi connectivity index (χ2n) is 9.42. The zero-order valence-corrected chi connectivity index (χ0v) is 23.9. The van der Waals surface area contributed by atoms with Crippen LogP contribution in [-0.4, -0.2) is 36.5 Å². The van der Waals surface area contributed by atoms with Crippen molar-refractivity contribution < 1.29 is 22.6 Å². The number of nitrogens with zero attached hydrogens (tertiary/aromatic N) is 2. The van der Waals surface area contributed by atoms with Crippen LogP contribution < -0.4 is 20.5 Å². The van der Waals surface area contributed by atoms with E-state index in [9.17, 15) is 13.2 Å². The van der Waals surface area contributed by atoms with Crippen LogP contribution in [0.4, 0.5) is 13.2 Å². The van der Waals surface area contributed by atoms with E-state index >= 15 is 0 Å². The number of aromatic nitrogens is 2. The first-order chi connectivity index (χ1) is 19.1. The average molecular weight is 591 g/mol. The smallest absolute Gasteiger partial charge is 0.173 e. The number of nitrogens with two attached hydrogens (primary N) is 1. The third-order valence-electron chi connectivity index (χ3n) is 6.48. The fourth-order valence-electron chi connectivity index (χ4n) is 4.19. The molecule has 0 unspecified atom stereocenters. The molecule has 0 amide bonds. The number of ether oxygens (including phenoxy) is 2. The lowest BCUT2D eigenvalue weighted by atomic mass is 9.81. The molecule has 0 aliphatic carbocycles. The summed E-state index contributed by atoms with van der Waals surface area (Å²) in [4.78, 5) is 4.60. The number of hydrogen-bond acceptors (Lipinski definition) is 6. The van der Waals surface area contributed by atoms with Gasteiger partial charge in [-0.05, 0) is 42.0 Å². The third kappa shape index (κ3) is 6.58. The summed E-state index contributed by atoms with van der Waals surface area (Å²) in [5.74, 6) is -1.22. The molecule has 0 spiro atoms. The molecule has 3 aromatic carbocycles. The van der Waals surface area contributed by atoms with Crippen molar-refractivity contribution in [2.75, 3.05) is 26.9 Å². The third-order valence-corrected chi connectivity index (χ3v) is 7.77. The predicted molar refractivity (Wildman–Crippen MR) is 152 cm³/mol. The molecule has 0 radical (unpaired) electrons. The van der Waals surface area contributed by atoms with Gasteiger partial charge < -0.3 is 20.5 Å². The number of methoxy groups -OCH3 is 1. The van der Waals surface area contributed by atoms with Gasteiger partial charge in [-0.2, -0.15) is 0 Å². The van der Waals surface area contributed by atoms with Crippen LogP contribution in [0.1, 0.15) is 30.7 Å². The van der Waals surface area contributed by atoms with Crippen molar-refractivity contribution in [2.24, 2.45) is 5.73 Å². The molecule has 1 heterocycles. The van der Waals surface area contributed by atoms with Crippen molar-refractivity contribution in [3.63, 3.8) is 0 Å². The van der Waals surface area contributed by atoms with Gasteiger partial charge in [0.2, 0.25) is 0 Å². The molecule has 0 atom stereocenters.